The molecule has 0 spiro atoms. The van der Waals surface area contributed by atoms with Crippen molar-refractivity contribution in [2.75, 3.05) is 13.1 Å². The van der Waals surface area contributed by atoms with E-state index in [0.717, 1.165) is 42.5 Å². The number of carbonyl (C=O) groups is 1. The summed E-state index contributed by atoms with van der Waals surface area (Å²) < 4.78 is 1.10. The normalized spacial score (nSPS) is 16.2. The molecule has 0 aromatic heterocycles. The molecule has 0 bridgehead atoms. The quantitative estimate of drug-likeness (QED) is 0.613. The first-order valence-electron chi connectivity index (χ1n) is 8.55. The Balaban J connectivity index is 1.43. The largest absolute Gasteiger partial charge is 0.299 e. The number of benzene rings is 2. The fraction of sp³-hybridized carbons (Fsp3) is 0.300. The van der Waals surface area contributed by atoms with E-state index in [1.807, 2.05) is 30.3 Å². The van der Waals surface area contributed by atoms with Crippen molar-refractivity contribution in [3.63, 3.8) is 0 Å². The van der Waals surface area contributed by atoms with E-state index >= 15 is 0 Å². The van der Waals surface area contributed by atoms with Crippen molar-refractivity contribution in [1.29, 1.82) is 0 Å². The van der Waals surface area contributed by atoms with Gasteiger partial charge in [0.2, 0.25) is 5.91 Å². The fourth-order valence-electron chi connectivity index (χ4n) is 3.00. The van der Waals surface area contributed by atoms with Gasteiger partial charge in [0.25, 0.3) is 0 Å². The van der Waals surface area contributed by atoms with Crippen LogP contribution in [-0.2, 0) is 11.3 Å². The number of nitrogens with one attached hydrogen (secondary N) is 1. The summed E-state index contributed by atoms with van der Waals surface area (Å²) in [5.41, 5.74) is 4.96. The maximum absolute atomic E-state index is 12.2. The van der Waals surface area contributed by atoms with Gasteiger partial charge >= 0.3 is 0 Å². The third-order valence-corrected chi connectivity index (χ3v) is 4.99. The standard InChI is InChI=1S/C20H22BrN3O/c21-19-8-6-17(7-9-19)15-24-12-10-18(11-13-24)20(25)23-22-14-16-4-2-1-3-5-16/h1-9,14,18H,10-13,15H2,(H,23,25)/b22-14-. The molecule has 0 saturated carbocycles. The van der Waals surface area contributed by atoms with Crippen LogP contribution in [0.4, 0.5) is 0 Å². The molecule has 5 heteroatoms. The molecule has 0 unspecified atom stereocenters. The number of likely N-dealkylation sites (tertiary alicyclic amines) is 1. The minimum absolute atomic E-state index is 0.0236. The van der Waals surface area contributed by atoms with Crippen LogP contribution in [0.2, 0.25) is 0 Å². The number of hydrogen-bond donors (Lipinski definition) is 1. The third kappa shape index (κ3) is 5.51. The van der Waals surface area contributed by atoms with Crippen LogP contribution >= 0.6 is 15.9 Å². The van der Waals surface area contributed by atoms with Crippen LogP contribution in [0.25, 0.3) is 0 Å². The number of nitrogens with zero attached hydrogens (tertiary/aromatic N) is 2. The number of piperidine rings is 1. The fourth-order valence-corrected chi connectivity index (χ4v) is 3.27. The lowest BCUT2D eigenvalue weighted by molar-refractivity contribution is -0.126. The molecule has 0 radical (unpaired) electrons. The average Bonchev–Trinajstić information content (AvgIpc) is 2.65. The topological polar surface area (TPSA) is 44.7 Å². The first kappa shape index (κ1) is 17.8. The predicted octanol–water partition coefficient (Wildman–Crippen LogP) is 3.81. The summed E-state index contributed by atoms with van der Waals surface area (Å²) >= 11 is 3.46. The maximum Gasteiger partial charge on any atom is 0.243 e. The van der Waals surface area contributed by atoms with Gasteiger partial charge in [-0.15, -0.1) is 0 Å². The highest BCUT2D eigenvalue weighted by molar-refractivity contribution is 9.10. The molecule has 1 N–H and O–H groups in total. The van der Waals surface area contributed by atoms with Crippen LogP contribution in [-0.4, -0.2) is 30.1 Å². The first-order valence-corrected chi connectivity index (χ1v) is 9.35. The summed E-state index contributed by atoms with van der Waals surface area (Å²) in [5.74, 6) is 0.0737. The number of halogens is 1. The summed E-state index contributed by atoms with van der Waals surface area (Å²) in [6.07, 6.45) is 3.44. The number of hydrogen-bond acceptors (Lipinski definition) is 3. The van der Waals surface area contributed by atoms with E-state index in [4.69, 9.17) is 0 Å². The summed E-state index contributed by atoms with van der Waals surface area (Å²) in [6.45, 7) is 2.82. The second-order valence-electron chi connectivity index (χ2n) is 6.32. The molecule has 1 heterocycles. The van der Waals surface area contributed by atoms with Crippen molar-refractivity contribution >= 4 is 28.1 Å². The number of carbonyl (C=O) groups excluding carboxylic acids is 1. The highest BCUT2D eigenvalue weighted by Gasteiger charge is 2.24. The van der Waals surface area contributed by atoms with Gasteiger partial charge in [-0.3, -0.25) is 9.69 Å². The summed E-state index contributed by atoms with van der Waals surface area (Å²) in [7, 11) is 0. The van der Waals surface area contributed by atoms with E-state index in [2.05, 4.69) is 55.6 Å². The van der Waals surface area contributed by atoms with Crippen molar-refractivity contribution < 1.29 is 4.79 Å². The SMILES string of the molecule is O=C(N/N=C\c1ccccc1)C1CCN(Cc2ccc(Br)cc2)CC1. The molecule has 1 saturated heterocycles. The lowest BCUT2D eigenvalue weighted by atomic mass is 9.96. The lowest BCUT2D eigenvalue weighted by Gasteiger charge is -2.30. The summed E-state index contributed by atoms with van der Waals surface area (Å²) in [5, 5.41) is 4.07. The van der Waals surface area contributed by atoms with Gasteiger partial charge in [-0.05, 0) is 49.2 Å². The van der Waals surface area contributed by atoms with Crippen LogP contribution in [0.1, 0.15) is 24.0 Å². The second kappa shape index (κ2) is 8.92. The van der Waals surface area contributed by atoms with Gasteiger partial charge < -0.3 is 0 Å². The van der Waals surface area contributed by atoms with Crippen LogP contribution in [0, 0.1) is 5.92 Å². The van der Waals surface area contributed by atoms with E-state index in [-0.39, 0.29) is 11.8 Å². The molecule has 1 aliphatic rings. The molecule has 2 aromatic carbocycles. The Morgan fingerprint density at radius 1 is 1.12 bits per heavy atom. The number of hydrazone groups is 1. The molecule has 25 heavy (non-hydrogen) atoms. The van der Waals surface area contributed by atoms with Crippen LogP contribution < -0.4 is 5.43 Å². The van der Waals surface area contributed by atoms with Gasteiger partial charge in [0.1, 0.15) is 0 Å². The van der Waals surface area contributed by atoms with E-state index in [0.29, 0.717) is 0 Å². The van der Waals surface area contributed by atoms with Gasteiger partial charge in [0, 0.05) is 16.9 Å². The van der Waals surface area contributed by atoms with Crippen LogP contribution in [0.5, 0.6) is 0 Å². The van der Waals surface area contributed by atoms with Crippen molar-refractivity contribution in [1.82, 2.24) is 10.3 Å². The monoisotopic (exact) mass is 399 g/mol. The van der Waals surface area contributed by atoms with Gasteiger partial charge in [-0.25, -0.2) is 5.43 Å². The number of rotatable bonds is 5. The zero-order chi connectivity index (χ0) is 17.5. The minimum atomic E-state index is 0.0236. The van der Waals surface area contributed by atoms with Gasteiger partial charge in [0.15, 0.2) is 0 Å². The van der Waals surface area contributed by atoms with Crippen molar-refractivity contribution in [2.24, 2.45) is 11.0 Å². The number of amides is 1. The average molecular weight is 400 g/mol. The predicted molar refractivity (Wildman–Crippen MR) is 104 cm³/mol. The first-order chi connectivity index (χ1) is 12.2. The van der Waals surface area contributed by atoms with Crippen molar-refractivity contribution in [3.05, 3.63) is 70.2 Å². The van der Waals surface area contributed by atoms with Gasteiger partial charge in [0.05, 0.1) is 6.21 Å². The zero-order valence-electron chi connectivity index (χ0n) is 14.1. The molecule has 0 atom stereocenters. The second-order valence-corrected chi connectivity index (χ2v) is 7.24. The maximum atomic E-state index is 12.2. The molecule has 1 fully saturated rings. The van der Waals surface area contributed by atoms with Gasteiger partial charge in [-0.1, -0.05) is 58.4 Å². The minimum Gasteiger partial charge on any atom is -0.299 e. The van der Waals surface area contributed by atoms with E-state index in [1.54, 1.807) is 6.21 Å². The Kier molecular flexibility index (Phi) is 6.36. The molecule has 130 valence electrons. The summed E-state index contributed by atoms with van der Waals surface area (Å²) in [6, 6.07) is 18.2. The van der Waals surface area contributed by atoms with E-state index < -0.39 is 0 Å². The Labute approximate surface area is 157 Å². The Hall–Kier alpha value is -1.98. The lowest BCUT2D eigenvalue weighted by Crippen LogP contribution is -2.39. The molecule has 0 aliphatic carbocycles. The molecular formula is C20H22BrN3O. The summed E-state index contributed by atoms with van der Waals surface area (Å²) in [4.78, 5) is 14.6. The zero-order valence-corrected chi connectivity index (χ0v) is 15.7. The Bertz CT molecular complexity index is 707. The Morgan fingerprint density at radius 3 is 2.48 bits per heavy atom. The molecule has 2 aromatic rings. The highest BCUT2D eigenvalue weighted by atomic mass is 79.9. The molecule has 1 aliphatic heterocycles. The smallest absolute Gasteiger partial charge is 0.243 e. The third-order valence-electron chi connectivity index (χ3n) is 4.47. The Morgan fingerprint density at radius 2 is 1.80 bits per heavy atom. The van der Waals surface area contributed by atoms with Crippen LogP contribution in [0.15, 0.2) is 64.2 Å². The van der Waals surface area contributed by atoms with E-state index in [1.165, 1.54) is 5.56 Å². The molecule has 4 nitrogen and oxygen atoms in total. The van der Waals surface area contributed by atoms with Crippen molar-refractivity contribution in [3.8, 4) is 0 Å². The highest BCUT2D eigenvalue weighted by Crippen LogP contribution is 2.20. The van der Waals surface area contributed by atoms with E-state index in [9.17, 15) is 4.79 Å². The van der Waals surface area contributed by atoms with Crippen molar-refractivity contribution in [2.45, 2.75) is 19.4 Å². The molecular weight excluding hydrogens is 378 g/mol. The molecule has 3 rings (SSSR count). The molecule has 1 amide bonds. The van der Waals surface area contributed by atoms with Crippen LogP contribution in [0.3, 0.4) is 0 Å². The van der Waals surface area contributed by atoms with Gasteiger partial charge in [-0.2, -0.15) is 5.10 Å².